The molecule has 2 aliphatic rings. The molecule has 2 aromatic rings. The summed E-state index contributed by atoms with van der Waals surface area (Å²) in [6.07, 6.45) is -0.00582. The summed E-state index contributed by atoms with van der Waals surface area (Å²) >= 11 is 0. The zero-order valence-corrected chi connectivity index (χ0v) is 16.5. The molecule has 4 rings (SSSR count). The summed E-state index contributed by atoms with van der Waals surface area (Å²) in [5.74, 6) is -0.395. The maximum atomic E-state index is 13.0. The second-order valence-corrected chi connectivity index (χ2v) is 7.36. The van der Waals surface area contributed by atoms with Crippen LogP contribution in [0.25, 0.3) is 0 Å². The number of rotatable bonds is 3. The Morgan fingerprint density at radius 2 is 2.00 bits per heavy atom. The summed E-state index contributed by atoms with van der Waals surface area (Å²) in [4.78, 5) is 36.1. The van der Waals surface area contributed by atoms with Gasteiger partial charge in [0.05, 0.1) is 24.7 Å². The first-order valence-electron chi connectivity index (χ1n) is 9.60. The summed E-state index contributed by atoms with van der Waals surface area (Å²) in [5.41, 5.74) is 9.57. The molecular weight excluding hydrogens is 372 g/mol. The van der Waals surface area contributed by atoms with E-state index in [1.165, 1.54) is 0 Å². The Kier molecular flexibility index (Phi) is 5.06. The molecule has 1 atom stereocenters. The number of morpholine rings is 1. The van der Waals surface area contributed by atoms with Crippen molar-refractivity contribution in [1.82, 2.24) is 9.97 Å². The molecule has 0 spiro atoms. The molecule has 4 N–H and O–H groups in total. The second kappa shape index (κ2) is 7.67. The van der Waals surface area contributed by atoms with Gasteiger partial charge in [-0.3, -0.25) is 9.59 Å². The first kappa shape index (κ1) is 19.1. The number of hydrogen-bond acceptors (Lipinski definition) is 7. The van der Waals surface area contributed by atoms with Gasteiger partial charge in [0.1, 0.15) is 11.6 Å². The van der Waals surface area contributed by atoms with Gasteiger partial charge in [0.15, 0.2) is 0 Å². The Labute approximate surface area is 168 Å². The van der Waals surface area contributed by atoms with E-state index < -0.39 is 5.92 Å². The van der Waals surface area contributed by atoms with Crippen LogP contribution in [0.3, 0.4) is 0 Å². The summed E-state index contributed by atoms with van der Waals surface area (Å²) in [7, 11) is 0. The number of carbonyl (C=O) groups excluding carboxylic acids is 2. The number of hydrogen-bond donors (Lipinski definition) is 3. The fourth-order valence-electron chi connectivity index (χ4n) is 3.56. The highest BCUT2D eigenvalue weighted by Gasteiger charge is 2.35. The van der Waals surface area contributed by atoms with Gasteiger partial charge in [-0.2, -0.15) is 9.97 Å². The number of fused-ring (bicyclic) bond motifs is 1. The predicted octanol–water partition coefficient (Wildman–Crippen LogP) is 1.58. The Bertz CT molecular complexity index is 971. The fourth-order valence-corrected chi connectivity index (χ4v) is 3.56. The van der Waals surface area contributed by atoms with Crippen LogP contribution in [0.2, 0.25) is 0 Å². The van der Waals surface area contributed by atoms with Crippen molar-refractivity contribution in [1.29, 1.82) is 0 Å². The highest BCUT2D eigenvalue weighted by molar-refractivity contribution is 6.05. The molecule has 0 bridgehead atoms. The van der Waals surface area contributed by atoms with Crippen molar-refractivity contribution >= 4 is 35.1 Å². The smallest absolute Gasteiger partial charge is 0.232 e. The number of aryl methyl sites for hydroxylation is 2. The predicted molar refractivity (Wildman–Crippen MR) is 110 cm³/mol. The molecule has 29 heavy (non-hydrogen) atoms. The van der Waals surface area contributed by atoms with E-state index in [2.05, 4.69) is 20.6 Å². The maximum absolute atomic E-state index is 13.0. The Hall–Kier alpha value is -3.20. The number of aromatic nitrogens is 2. The van der Waals surface area contributed by atoms with Crippen molar-refractivity contribution in [3.05, 3.63) is 34.9 Å². The van der Waals surface area contributed by atoms with Crippen molar-refractivity contribution in [3.63, 3.8) is 0 Å². The number of nitrogen functional groups attached to an aromatic ring is 1. The zero-order valence-electron chi connectivity index (χ0n) is 16.5. The standard InChI is InChI=1S/C20H24N6O3/c1-11-3-4-13(9-12(11)2)22-19(28)14-10-15(27)23-18-16(14)17(21)24-20(25-18)26-5-7-29-8-6-26/h3-4,9,14H,5-8,10H2,1-2H3,(H,22,28)(H3,21,23,24,25,27). The Morgan fingerprint density at radius 3 is 2.72 bits per heavy atom. The van der Waals surface area contributed by atoms with Crippen LogP contribution in [-0.2, 0) is 14.3 Å². The third-order valence-electron chi connectivity index (χ3n) is 5.34. The number of amides is 2. The summed E-state index contributed by atoms with van der Waals surface area (Å²) in [5, 5.41) is 5.63. The van der Waals surface area contributed by atoms with E-state index >= 15 is 0 Å². The van der Waals surface area contributed by atoms with E-state index in [9.17, 15) is 9.59 Å². The van der Waals surface area contributed by atoms with Crippen LogP contribution in [0, 0.1) is 13.8 Å². The quantitative estimate of drug-likeness (QED) is 0.720. The van der Waals surface area contributed by atoms with Crippen molar-refractivity contribution in [2.45, 2.75) is 26.2 Å². The van der Waals surface area contributed by atoms with Gasteiger partial charge in [-0.25, -0.2) is 0 Å². The first-order valence-corrected chi connectivity index (χ1v) is 9.60. The molecule has 1 aromatic carbocycles. The highest BCUT2D eigenvalue weighted by atomic mass is 16.5. The number of nitrogens with one attached hydrogen (secondary N) is 2. The molecule has 1 saturated heterocycles. The van der Waals surface area contributed by atoms with Crippen molar-refractivity contribution in [2.24, 2.45) is 0 Å². The van der Waals surface area contributed by atoms with Gasteiger partial charge in [0, 0.05) is 25.2 Å². The van der Waals surface area contributed by atoms with Gasteiger partial charge in [-0.1, -0.05) is 6.07 Å². The van der Waals surface area contributed by atoms with Gasteiger partial charge < -0.3 is 26.0 Å². The molecule has 0 radical (unpaired) electrons. The largest absolute Gasteiger partial charge is 0.383 e. The minimum atomic E-state index is -0.751. The lowest BCUT2D eigenvalue weighted by atomic mass is 9.91. The average Bonchev–Trinajstić information content (AvgIpc) is 2.70. The lowest BCUT2D eigenvalue weighted by Gasteiger charge is -2.30. The van der Waals surface area contributed by atoms with E-state index in [0.29, 0.717) is 49.3 Å². The summed E-state index contributed by atoms with van der Waals surface area (Å²) in [6, 6.07) is 5.68. The number of nitrogens with two attached hydrogens (primary N) is 1. The summed E-state index contributed by atoms with van der Waals surface area (Å²) in [6.45, 7) is 6.42. The van der Waals surface area contributed by atoms with Crippen LogP contribution < -0.4 is 21.3 Å². The zero-order chi connectivity index (χ0) is 20.5. The van der Waals surface area contributed by atoms with Crippen LogP contribution in [0.5, 0.6) is 0 Å². The highest BCUT2D eigenvalue weighted by Crippen LogP contribution is 2.36. The van der Waals surface area contributed by atoms with Gasteiger partial charge in [0.25, 0.3) is 0 Å². The lowest BCUT2D eigenvalue weighted by Crippen LogP contribution is -2.38. The van der Waals surface area contributed by atoms with Crippen LogP contribution in [0.1, 0.15) is 29.0 Å². The number of ether oxygens (including phenoxy) is 1. The number of anilines is 4. The molecule has 0 saturated carbocycles. The van der Waals surface area contributed by atoms with Crippen LogP contribution in [0.4, 0.5) is 23.3 Å². The van der Waals surface area contributed by atoms with Gasteiger partial charge >= 0.3 is 0 Å². The molecule has 152 valence electrons. The lowest BCUT2D eigenvalue weighted by molar-refractivity contribution is -0.123. The minimum Gasteiger partial charge on any atom is -0.383 e. The van der Waals surface area contributed by atoms with E-state index in [4.69, 9.17) is 10.5 Å². The maximum Gasteiger partial charge on any atom is 0.232 e. The van der Waals surface area contributed by atoms with E-state index in [1.54, 1.807) is 0 Å². The fraction of sp³-hybridized carbons (Fsp3) is 0.400. The first-order chi connectivity index (χ1) is 13.9. The van der Waals surface area contributed by atoms with Gasteiger partial charge in [-0.15, -0.1) is 0 Å². The SMILES string of the molecule is Cc1ccc(NC(=O)C2CC(=O)Nc3nc(N4CCOCC4)nc(N)c32)cc1C. The molecule has 9 nitrogen and oxygen atoms in total. The molecule has 2 aliphatic heterocycles. The normalized spacial score (nSPS) is 18.8. The molecule has 3 heterocycles. The molecule has 1 aromatic heterocycles. The number of benzene rings is 1. The number of nitrogens with zero attached hydrogens (tertiary/aromatic N) is 3. The van der Waals surface area contributed by atoms with Crippen molar-refractivity contribution in [2.75, 3.05) is 47.6 Å². The average molecular weight is 396 g/mol. The second-order valence-electron chi connectivity index (χ2n) is 7.36. The van der Waals surface area contributed by atoms with Crippen LogP contribution >= 0.6 is 0 Å². The van der Waals surface area contributed by atoms with Crippen molar-refractivity contribution < 1.29 is 14.3 Å². The summed E-state index contributed by atoms with van der Waals surface area (Å²) < 4.78 is 5.35. The van der Waals surface area contributed by atoms with Crippen LogP contribution in [-0.4, -0.2) is 48.1 Å². The molecule has 1 fully saturated rings. The Balaban J connectivity index is 1.63. The minimum absolute atomic E-state index is 0.00582. The molecule has 2 amide bonds. The van der Waals surface area contributed by atoms with Gasteiger partial charge in [0.2, 0.25) is 17.8 Å². The topological polar surface area (TPSA) is 122 Å². The van der Waals surface area contributed by atoms with E-state index in [1.807, 2.05) is 36.9 Å². The van der Waals surface area contributed by atoms with Crippen LogP contribution in [0.15, 0.2) is 18.2 Å². The monoisotopic (exact) mass is 396 g/mol. The van der Waals surface area contributed by atoms with Crippen molar-refractivity contribution in [3.8, 4) is 0 Å². The molecule has 0 aliphatic carbocycles. The molecule has 9 heteroatoms. The van der Waals surface area contributed by atoms with E-state index in [-0.39, 0.29) is 24.1 Å². The third kappa shape index (κ3) is 3.86. The Morgan fingerprint density at radius 1 is 1.24 bits per heavy atom. The van der Waals surface area contributed by atoms with E-state index in [0.717, 1.165) is 11.1 Å². The molecular formula is C20H24N6O3. The number of carbonyl (C=O) groups is 2. The van der Waals surface area contributed by atoms with Gasteiger partial charge in [-0.05, 0) is 37.1 Å². The molecule has 1 unspecified atom stereocenters. The third-order valence-corrected chi connectivity index (χ3v) is 5.34.